The topological polar surface area (TPSA) is 52.6 Å². The first-order chi connectivity index (χ1) is 14.8. The summed E-state index contributed by atoms with van der Waals surface area (Å²) in [5.74, 6) is 0.941. The fraction of sp³-hybridized carbons (Fsp3) is 0.481. The molecular formula is C27H35IO4. The molecule has 5 heteroatoms. The molecule has 0 atom stereocenters. The number of hydrogen-bond acceptors (Lipinski definition) is 4. The molecule has 0 unspecified atom stereocenters. The van der Waals surface area contributed by atoms with Gasteiger partial charge in [-0.15, -0.1) is 0 Å². The minimum Gasteiger partial charge on any atom is -0.465 e. The summed E-state index contributed by atoms with van der Waals surface area (Å²) in [4.78, 5) is 22.9. The first kappa shape index (κ1) is 26.4. The van der Waals surface area contributed by atoms with Gasteiger partial charge >= 0.3 is 11.9 Å². The molecular weight excluding hydrogens is 515 g/mol. The van der Waals surface area contributed by atoms with Crippen molar-refractivity contribution in [3.8, 4) is 0 Å². The van der Waals surface area contributed by atoms with Crippen molar-refractivity contribution in [2.45, 2.75) is 71.6 Å². The Hall–Kier alpha value is -1.89. The maximum Gasteiger partial charge on any atom is 0.338 e. The third-order valence-electron chi connectivity index (χ3n) is 6.53. The first-order valence-corrected chi connectivity index (χ1v) is 12.0. The Labute approximate surface area is 206 Å². The van der Waals surface area contributed by atoms with Gasteiger partial charge in [-0.25, -0.2) is 9.59 Å². The van der Waals surface area contributed by atoms with Gasteiger partial charge in [-0.05, 0) is 108 Å². The van der Waals surface area contributed by atoms with Gasteiger partial charge < -0.3 is 9.47 Å². The van der Waals surface area contributed by atoms with E-state index in [4.69, 9.17) is 9.47 Å². The summed E-state index contributed by atoms with van der Waals surface area (Å²) >= 11 is 2.32. The highest BCUT2D eigenvalue weighted by molar-refractivity contribution is 14.1. The molecule has 2 aromatic rings. The van der Waals surface area contributed by atoms with Crippen LogP contribution in [0.2, 0.25) is 0 Å². The second-order valence-electron chi connectivity index (χ2n) is 8.50. The minimum absolute atomic E-state index is 0. The molecule has 2 fully saturated rings. The number of carbonyl (C=O) groups is 2. The molecule has 0 radical (unpaired) electrons. The van der Waals surface area contributed by atoms with Crippen molar-refractivity contribution in [2.24, 2.45) is 0 Å². The van der Waals surface area contributed by atoms with E-state index in [0.717, 1.165) is 17.0 Å². The van der Waals surface area contributed by atoms with Gasteiger partial charge in [0.25, 0.3) is 0 Å². The number of rotatable bonds is 4. The summed E-state index contributed by atoms with van der Waals surface area (Å²) in [6, 6.07) is 10.2. The highest BCUT2D eigenvalue weighted by atomic mass is 127. The van der Waals surface area contributed by atoms with Crippen LogP contribution in [0, 0.1) is 17.4 Å². The van der Waals surface area contributed by atoms with E-state index in [0.29, 0.717) is 17.0 Å². The van der Waals surface area contributed by atoms with E-state index in [2.05, 4.69) is 40.8 Å². The monoisotopic (exact) mass is 550 g/mol. The smallest absolute Gasteiger partial charge is 0.338 e. The van der Waals surface area contributed by atoms with Crippen molar-refractivity contribution in [3.63, 3.8) is 0 Å². The highest BCUT2D eigenvalue weighted by Gasteiger charge is 2.23. The molecule has 4 nitrogen and oxygen atoms in total. The average Bonchev–Trinajstić information content (AvgIpc) is 2.67. The zero-order valence-electron chi connectivity index (χ0n) is 18.8. The summed E-state index contributed by atoms with van der Waals surface area (Å²) in [6.07, 6.45) is 7.81. The quantitative estimate of drug-likeness (QED) is 0.295. The number of ether oxygens (including phenoxy) is 2. The number of benzene rings is 2. The highest BCUT2D eigenvalue weighted by Crippen LogP contribution is 2.39. The van der Waals surface area contributed by atoms with Crippen LogP contribution in [0.1, 0.15) is 101 Å². The second kappa shape index (κ2) is 11.8. The van der Waals surface area contributed by atoms with Gasteiger partial charge in [-0.1, -0.05) is 38.5 Å². The van der Waals surface area contributed by atoms with Crippen LogP contribution in [0.4, 0.5) is 0 Å². The van der Waals surface area contributed by atoms with Crippen molar-refractivity contribution in [3.05, 3.63) is 67.3 Å². The van der Waals surface area contributed by atoms with Gasteiger partial charge in [0.1, 0.15) is 0 Å². The lowest BCUT2D eigenvalue weighted by Gasteiger charge is -2.27. The van der Waals surface area contributed by atoms with Crippen molar-refractivity contribution in [1.29, 1.82) is 0 Å². The third kappa shape index (κ3) is 5.91. The molecule has 32 heavy (non-hydrogen) atoms. The van der Waals surface area contributed by atoms with Crippen LogP contribution < -0.4 is 0 Å². The van der Waals surface area contributed by atoms with Crippen LogP contribution in [0.15, 0.2) is 30.3 Å². The van der Waals surface area contributed by atoms with Crippen LogP contribution in [-0.2, 0) is 9.47 Å². The van der Waals surface area contributed by atoms with Gasteiger partial charge in [-0.3, -0.25) is 0 Å². The maximum absolute atomic E-state index is 11.5. The van der Waals surface area contributed by atoms with E-state index in [1.165, 1.54) is 67.4 Å². The van der Waals surface area contributed by atoms with E-state index in [9.17, 15) is 9.59 Å². The standard InChI is InChI=1S/C13H15IO2.C13H16O2.CH4/c1-8-6-11(9-4-3-5-9)12(14)7-10(8)13(15)16-2;1-9-8-11(10-4-3-5-10)6-7-12(9)13(14)15-2;/h6-7,9H,3-5H2,1-2H3;6-8,10H,3-5H2,1-2H3;1H4. The molecule has 2 aromatic carbocycles. The van der Waals surface area contributed by atoms with Crippen LogP contribution >= 0.6 is 22.6 Å². The predicted octanol–water partition coefficient (Wildman–Crippen LogP) is 7.34. The van der Waals surface area contributed by atoms with E-state index in [1.54, 1.807) is 0 Å². The molecule has 0 aromatic heterocycles. The number of methoxy groups -OCH3 is 2. The van der Waals surface area contributed by atoms with Crippen molar-refractivity contribution in [1.82, 2.24) is 0 Å². The van der Waals surface area contributed by atoms with Crippen LogP contribution in [0.25, 0.3) is 0 Å². The van der Waals surface area contributed by atoms with Gasteiger partial charge in [0, 0.05) is 3.57 Å². The number of esters is 2. The molecule has 0 amide bonds. The maximum atomic E-state index is 11.5. The molecule has 174 valence electrons. The molecule has 4 rings (SSSR count). The normalized spacial score (nSPS) is 15.3. The summed E-state index contributed by atoms with van der Waals surface area (Å²) in [6.45, 7) is 3.94. The van der Waals surface area contributed by atoms with Crippen molar-refractivity contribution in [2.75, 3.05) is 14.2 Å². The molecule has 2 aliphatic rings. The first-order valence-electron chi connectivity index (χ1n) is 10.9. The number of halogens is 1. The largest absolute Gasteiger partial charge is 0.465 e. The zero-order valence-corrected chi connectivity index (χ0v) is 21.0. The number of hydrogen-bond donors (Lipinski definition) is 0. The Balaban J connectivity index is 0.000000220. The Kier molecular flexibility index (Phi) is 9.74. The SMILES string of the molecule is C.COC(=O)c1cc(I)c(C2CCC2)cc1C.COC(=O)c1ccc(C2CCC2)cc1C. The summed E-state index contributed by atoms with van der Waals surface area (Å²) in [5.41, 5.74) is 6.18. The van der Waals surface area contributed by atoms with Gasteiger partial charge in [-0.2, -0.15) is 0 Å². The Morgan fingerprint density at radius 2 is 1.34 bits per heavy atom. The lowest BCUT2D eigenvalue weighted by Crippen LogP contribution is -2.12. The van der Waals surface area contributed by atoms with Gasteiger partial charge in [0.05, 0.1) is 25.3 Å². The molecule has 2 aliphatic carbocycles. The van der Waals surface area contributed by atoms with Crippen LogP contribution in [0.3, 0.4) is 0 Å². The third-order valence-corrected chi connectivity index (χ3v) is 7.46. The van der Waals surface area contributed by atoms with E-state index in [1.807, 2.05) is 26.0 Å². The lowest BCUT2D eigenvalue weighted by atomic mass is 9.79. The molecule has 0 aliphatic heterocycles. The molecule has 0 bridgehead atoms. The molecule has 0 N–H and O–H groups in total. The number of carbonyl (C=O) groups excluding carboxylic acids is 2. The van der Waals surface area contributed by atoms with E-state index in [-0.39, 0.29) is 19.4 Å². The number of aryl methyl sites for hydroxylation is 2. The molecule has 2 saturated carbocycles. The minimum atomic E-state index is -0.243. The Morgan fingerprint density at radius 1 is 0.812 bits per heavy atom. The molecule has 0 saturated heterocycles. The summed E-state index contributed by atoms with van der Waals surface area (Å²) < 4.78 is 10.7. The fourth-order valence-electron chi connectivity index (χ4n) is 4.09. The molecule has 0 spiro atoms. The Bertz CT molecular complexity index is 958. The van der Waals surface area contributed by atoms with Gasteiger partial charge in [0.2, 0.25) is 0 Å². The zero-order chi connectivity index (χ0) is 22.5. The van der Waals surface area contributed by atoms with E-state index < -0.39 is 0 Å². The van der Waals surface area contributed by atoms with Crippen molar-refractivity contribution >= 4 is 34.5 Å². The van der Waals surface area contributed by atoms with Gasteiger partial charge in [0.15, 0.2) is 0 Å². The summed E-state index contributed by atoms with van der Waals surface area (Å²) in [7, 11) is 2.84. The fourth-order valence-corrected chi connectivity index (χ4v) is 4.99. The molecule has 0 heterocycles. The summed E-state index contributed by atoms with van der Waals surface area (Å²) in [5, 5.41) is 0. The lowest BCUT2D eigenvalue weighted by molar-refractivity contribution is 0.0591. The van der Waals surface area contributed by atoms with E-state index >= 15 is 0 Å². The predicted molar refractivity (Wildman–Crippen MR) is 138 cm³/mol. The second-order valence-corrected chi connectivity index (χ2v) is 9.66. The van der Waals surface area contributed by atoms with Crippen molar-refractivity contribution < 1.29 is 19.1 Å². The van der Waals surface area contributed by atoms with Crippen LogP contribution in [-0.4, -0.2) is 26.2 Å². The average molecular weight is 550 g/mol. The Morgan fingerprint density at radius 3 is 1.81 bits per heavy atom. The van der Waals surface area contributed by atoms with Crippen LogP contribution in [0.5, 0.6) is 0 Å².